The second-order valence-electron chi connectivity index (χ2n) is 5.35. The second-order valence-corrected chi connectivity index (χ2v) is 5.35. The highest BCUT2D eigenvalue weighted by Gasteiger charge is 2.25. The van der Waals surface area contributed by atoms with Crippen molar-refractivity contribution in [2.24, 2.45) is 5.92 Å². The summed E-state index contributed by atoms with van der Waals surface area (Å²) in [5, 5.41) is 13.2. The Kier molecular flexibility index (Phi) is 3.93. The minimum Gasteiger partial charge on any atom is -0.389 e. The normalized spacial score (nSPS) is 25.7. The lowest BCUT2D eigenvalue weighted by molar-refractivity contribution is 0.0237. The van der Waals surface area contributed by atoms with Gasteiger partial charge < -0.3 is 10.4 Å². The zero-order chi connectivity index (χ0) is 10.8. The van der Waals surface area contributed by atoms with Crippen LogP contribution in [0.1, 0.15) is 27.7 Å². The quantitative estimate of drug-likeness (QED) is 0.703. The van der Waals surface area contributed by atoms with Crippen LogP contribution in [-0.4, -0.2) is 47.8 Å². The Bertz CT molecular complexity index is 175. The Labute approximate surface area is 87.5 Å². The van der Waals surface area contributed by atoms with Gasteiger partial charge in [0.15, 0.2) is 0 Å². The van der Waals surface area contributed by atoms with E-state index >= 15 is 0 Å². The molecule has 84 valence electrons. The molecule has 1 saturated heterocycles. The van der Waals surface area contributed by atoms with Crippen molar-refractivity contribution in [3.8, 4) is 0 Å². The first-order chi connectivity index (χ1) is 6.38. The minimum atomic E-state index is -0.571. The molecule has 1 aliphatic heterocycles. The van der Waals surface area contributed by atoms with Gasteiger partial charge in [-0.3, -0.25) is 4.90 Å². The van der Waals surface area contributed by atoms with Crippen LogP contribution in [-0.2, 0) is 0 Å². The molecule has 0 spiro atoms. The lowest BCUT2D eigenvalue weighted by atomic mass is 10.0. The smallest absolute Gasteiger partial charge is 0.0718 e. The van der Waals surface area contributed by atoms with Crippen LogP contribution >= 0.6 is 0 Å². The number of nitrogens with one attached hydrogen (secondary N) is 1. The average Bonchev–Trinajstić information content (AvgIpc) is 2.01. The number of aliphatic hydroxyl groups is 1. The number of piperazine rings is 1. The second kappa shape index (κ2) is 4.60. The third kappa shape index (κ3) is 3.95. The van der Waals surface area contributed by atoms with Crippen LogP contribution in [0.15, 0.2) is 0 Å². The Morgan fingerprint density at radius 2 is 2.14 bits per heavy atom. The van der Waals surface area contributed by atoms with Crippen LogP contribution in [0.4, 0.5) is 0 Å². The molecule has 1 fully saturated rings. The van der Waals surface area contributed by atoms with Crippen molar-refractivity contribution in [2.45, 2.75) is 39.3 Å². The van der Waals surface area contributed by atoms with Gasteiger partial charge in [0, 0.05) is 32.2 Å². The van der Waals surface area contributed by atoms with Crippen molar-refractivity contribution < 1.29 is 5.11 Å². The van der Waals surface area contributed by atoms with Crippen molar-refractivity contribution in [1.82, 2.24) is 10.2 Å². The predicted molar refractivity (Wildman–Crippen MR) is 59.4 cm³/mol. The number of nitrogens with zero attached hydrogens (tertiary/aromatic N) is 1. The molecule has 0 bridgehead atoms. The molecular weight excluding hydrogens is 176 g/mol. The maximum atomic E-state index is 9.73. The fourth-order valence-electron chi connectivity index (χ4n) is 1.98. The Morgan fingerprint density at radius 1 is 1.50 bits per heavy atom. The molecule has 0 amide bonds. The third-order valence-electron chi connectivity index (χ3n) is 2.70. The monoisotopic (exact) mass is 200 g/mol. The van der Waals surface area contributed by atoms with Gasteiger partial charge in [0.2, 0.25) is 0 Å². The van der Waals surface area contributed by atoms with Crippen LogP contribution in [0, 0.1) is 5.92 Å². The molecule has 0 aromatic heterocycles. The van der Waals surface area contributed by atoms with Gasteiger partial charge in [-0.1, -0.05) is 13.8 Å². The van der Waals surface area contributed by atoms with E-state index in [9.17, 15) is 5.11 Å². The summed E-state index contributed by atoms with van der Waals surface area (Å²) in [5.41, 5.74) is -0.571. The van der Waals surface area contributed by atoms with E-state index < -0.39 is 5.60 Å². The summed E-state index contributed by atoms with van der Waals surface area (Å²) in [6.07, 6.45) is 0. The van der Waals surface area contributed by atoms with Gasteiger partial charge in [-0.2, -0.15) is 0 Å². The summed E-state index contributed by atoms with van der Waals surface area (Å²) in [7, 11) is 0. The van der Waals surface area contributed by atoms with E-state index in [4.69, 9.17) is 0 Å². The highest BCUT2D eigenvalue weighted by molar-refractivity contribution is 4.83. The van der Waals surface area contributed by atoms with Gasteiger partial charge in [0.05, 0.1) is 5.60 Å². The molecule has 3 nitrogen and oxygen atoms in total. The molecule has 0 radical (unpaired) electrons. The first-order valence-electron chi connectivity index (χ1n) is 5.56. The lowest BCUT2D eigenvalue weighted by Gasteiger charge is -2.38. The fourth-order valence-corrected chi connectivity index (χ4v) is 1.98. The van der Waals surface area contributed by atoms with Crippen molar-refractivity contribution in [3.63, 3.8) is 0 Å². The molecule has 3 heteroatoms. The first kappa shape index (κ1) is 12.0. The Balaban J connectivity index is 2.40. The molecule has 0 aliphatic carbocycles. The van der Waals surface area contributed by atoms with E-state index in [1.165, 1.54) is 0 Å². The molecule has 0 unspecified atom stereocenters. The van der Waals surface area contributed by atoms with Crippen LogP contribution < -0.4 is 5.32 Å². The van der Waals surface area contributed by atoms with Crippen molar-refractivity contribution >= 4 is 0 Å². The van der Waals surface area contributed by atoms with Crippen molar-refractivity contribution in [3.05, 3.63) is 0 Å². The maximum Gasteiger partial charge on any atom is 0.0718 e. The maximum absolute atomic E-state index is 9.73. The number of hydrogen-bond acceptors (Lipinski definition) is 3. The number of hydrogen-bond donors (Lipinski definition) is 2. The summed E-state index contributed by atoms with van der Waals surface area (Å²) >= 11 is 0. The molecule has 0 aromatic carbocycles. The van der Waals surface area contributed by atoms with Crippen LogP contribution in [0.2, 0.25) is 0 Å². The molecule has 0 saturated carbocycles. The van der Waals surface area contributed by atoms with Crippen molar-refractivity contribution in [1.29, 1.82) is 0 Å². The van der Waals surface area contributed by atoms with E-state index in [2.05, 4.69) is 24.1 Å². The number of rotatable bonds is 3. The predicted octanol–water partition coefficient (Wildman–Crippen LogP) is 0.687. The molecule has 0 aromatic rings. The summed E-state index contributed by atoms with van der Waals surface area (Å²) in [6, 6.07) is 0.575. The van der Waals surface area contributed by atoms with Gasteiger partial charge in [-0.25, -0.2) is 0 Å². The zero-order valence-electron chi connectivity index (χ0n) is 9.88. The molecule has 2 N–H and O–H groups in total. The summed E-state index contributed by atoms with van der Waals surface area (Å²) < 4.78 is 0. The van der Waals surface area contributed by atoms with Gasteiger partial charge in [0.1, 0.15) is 0 Å². The van der Waals surface area contributed by atoms with Gasteiger partial charge in [-0.15, -0.1) is 0 Å². The zero-order valence-corrected chi connectivity index (χ0v) is 9.88. The molecule has 1 atom stereocenters. The van der Waals surface area contributed by atoms with Crippen molar-refractivity contribution in [2.75, 3.05) is 26.2 Å². The molecule has 1 rings (SSSR count). The molecule has 14 heavy (non-hydrogen) atoms. The summed E-state index contributed by atoms with van der Waals surface area (Å²) in [6.45, 7) is 12.2. The standard InChI is InChI=1S/C11H24N2O/c1-9(2)10-7-13(6-5-12-10)8-11(3,4)14/h9-10,12,14H,5-8H2,1-4H3/t10-/m1/s1. The molecular formula is C11H24N2O. The molecule has 1 aliphatic rings. The van der Waals surface area contributed by atoms with E-state index in [1.807, 2.05) is 13.8 Å². The average molecular weight is 200 g/mol. The first-order valence-corrected chi connectivity index (χ1v) is 5.56. The highest BCUT2D eigenvalue weighted by Crippen LogP contribution is 2.11. The Hall–Kier alpha value is -0.120. The topological polar surface area (TPSA) is 35.5 Å². The lowest BCUT2D eigenvalue weighted by Crippen LogP contribution is -2.55. The van der Waals surface area contributed by atoms with Gasteiger partial charge >= 0.3 is 0 Å². The van der Waals surface area contributed by atoms with E-state index in [0.29, 0.717) is 12.0 Å². The fraction of sp³-hybridized carbons (Fsp3) is 1.00. The summed E-state index contributed by atoms with van der Waals surface area (Å²) in [4.78, 5) is 2.35. The number of β-amino-alcohol motifs (C(OH)–C–C–N with tert-alkyl or cyclic N) is 1. The minimum absolute atomic E-state index is 0.571. The van der Waals surface area contributed by atoms with Gasteiger partial charge in [0.25, 0.3) is 0 Å². The van der Waals surface area contributed by atoms with E-state index in [1.54, 1.807) is 0 Å². The van der Waals surface area contributed by atoms with Gasteiger partial charge in [-0.05, 0) is 19.8 Å². The largest absolute Gasteiger partial charge is 0.389 e. The SMILES string of the molecule is CC(C)[C@H]1CN(CC(C)(C)O)CCN1. The molecule has 1 heterocycles. The van der Waals surface area contributed by atoms with Crippen LogP contribution in [0.5, 0.6) is 0 Å². The van der Waals surface area contributed by atoms with Crippen LogP contribution in [0.25, 0.3) is 0 Å². The Morgan fingerprint density at radius 3 is 2.64 bits per heavy atom. The highest BCUT2D eigenvalue weighted by atomic mass is 16.3. The third-order valence-corrected chi connectivity index (χ3v) is 2.70. The van der Waals surface area contributed by atoms with E-state index in [-0.39, 0.29) is 0 Å². The van der Waals surface area contributed by atoms with Crippen LogP contribution in [0.3, 0.4) is 0 Å². The van der Waals surface area contributed by atoms with E-state index in [0.717, 1.165) is 26.2 Å². The summed E-state index contributed by atoms with van der Waals surface area (Å²) in [5.74, 6) is 0.666.